The van der Waals surface area contributed by atoms with Gasteiger partial charge in [-0.2, -0.15) is 0 Å². The number of anilines is 1. The minimum Gasteiger partial charge on any atom is -0.365 e. The van der Waals surface area contributed by atoms with Crippen molar-refractivity contribution in [2.45, 2.75) is 26.3 Å². The molecule has 1 aromatic rings. The zero-order valence-corrected chi connectivity index (χ0v) is 11.8. The van der Waals surface area contributed by atoms with Crippen LogP contribution in [0, 0.1) is 5.92 Å². The van der Waals surface area contributed by atoms with Gasteiger partial charge in [-0.3, -0.25) is 0 Å². The van der Waals surface area contributed by atoms with Crippen LogP contribution in [0.5, 0.6) is 0 Å². The van der Waals surface area contributed by atoms with Crippen molar-refractivity contribution in [1.29, 1.82) is 0 Å². The van der Waals surface area contributed by atoms with Gasteiger partial charge in [0.15, 0.2) is 0 Å². The van der Waals surface area contributed by atoms with Gasteiger partial charge in [0, 0.05) is 18.8 Å². The molecule has 0 fully saturated rings. The second-order valence-corrected chi connectivity index (χ2v) is 5.47. The summed E-state index contributed by atoms with van der Waals surface area (Å²) >= 11 is 6.10. The van der Waals surface area contributed by atoms with E-state index >= 15 is 0 Å². The Kier molecular flexibility index (Phi) is 5.72. The van der Waals surface area contributed by atoms with Crippen LogP contribution >= 0.6 is 11.6 Å². The molecule has 0 radical (unpaired) electrons. The van der Waals surface area contributed by atoms with E-state index in [1.807, 2.05) is 12.1 Å². The Hall–Kier alpha value is -0.800. The third-order valence-corrected chi connectivity index (χ3v) is 2.75. The first-order chi connectivity index (χ1) is 7.99. The van der Waals surface area contributed by atoms with Gasteiger partial charge in [-0.05, 0) is 38.6 Å². The monoisotopic (exact) mass is 255 g/mol. The van der Waals surface area contributed by atoms with Crippen molar-refractivity contribution >= 4 is 17.4 Å². The highest BCUT2D eigenvalue weighted by molar-refractivity contribution is 6.32. The van der Waals surface area contributed by atoms with Gasteiger partial charge in [0.25, 0.3) is 0 Å². The Morgan fingerprint density at radius 2 is 2.12 bits per heavy atom. The van der Waals surface area contributed by atoms with E-state index in [9.17, 15) is 0 Å². The first-order valence-corrected chi connectivity index (χ1v) is 6.38. The summed E-state index contributed by atoms with van der Waals surface area (Å²) in [5, 5.41) is 4.11. The predicted octanol–water partition coefficient (Wildman–Crippen LogP) is 3.12. The molecule has 0 bridgehead atoms. The molecule has 0 amide bonds. The van der Waals surface area contributed by atoms with Crippen molar-refractivity contribution in [3.05, 3.63) is 23.4 Å². The van der Waals surface area contributed by atoms with Crippen LogP contribution in [0.15, 0.2) is 18.3 Å². The smallest absolute Gasteiger partial charge is 0.145 e. The van der Waals surface area contributed by atoms with Crippen LogP contribution < -0.4 is 5.32 Å². The minimum absolute atomic E-state index is 0.373. The lowest BCUT2D eigenvalue weighted by molar-refractivity contribution is 0.356. The maximum Gasteiger partial charge on any atom is 0.145 e. The highest BCUT2D eigenvalue weighted by atomic mass is 35.5. The fraction of sp³-hybridized carbons (Fsp3) is 0.615. The molecule has 0 aliphatic rings. The summed E-state index contributed by atoms with van der Waals surface area (Å²) in [6.45, 7) is 5.43. The van der Waals surface area contributed by atoms with E-state index in [0.29, 0.717) is 17.0 Å². The molecule has 1 aromatic heterocycles. The molecule has 3 nitrogen and oxygen atoms in total. The Morgan fingerprint density at radius 1 is 1.41 bits per heavy atom. The Bertz CT molecular complexity index is 329. The van der Waals surface area contributed by atoms with Gasteiger partial charge in [0.1, 0.15) is 5.82 Å². The molecule has 1 rings (SSSR count). The number of aromatic nitrogens is 1. The summed E-state index contributed by atoms with van der Waals surface area (Å²) in [7, 11) is 4.16. The summed E-state index contributed by atoms with van der Waals surface area (Å²) in [5.74, 6) is 1.43. The average molecular weight is 256 g/mol. The van der Waals surface area contributed by atoms with Crippen molar-refractivity contribution < 1.29 is 0 Å². The molecule has 17 heavy (non-hydrogen) atoms. The SMILES string of the molecule is CC(C)CC(CN(C)C)Nc1ncccc1Cl. The lowest BCUT2D eigenvalue weighted by Crippen LogP contribution is -2.33. The van der Waals surface area contributed by atoms with E-state index in [2.05, 4.69) is 43.1 Å². The van der Waals surface area contributed by atoms with Crippen molar-refractivity contribution in [2.75, 3.05) is 26.0 Å². The second kappa shape index (κ2) is 6.82. The summed E-state index contributed by atoms with van der Waals surface area (Å²) in [5.41, 5.74) is 0. The lowest BCUT2D eigenvalue weighted by atomic mass is 10.0. The van der Waals surface area contributed by atoms with E-state index in [0.717, 1.165) is 18.8 Å². The van der Waals surface area contributed by atoms with Gasteiger partial charge in [0.2, 0.25) is 0 Å². The van der Waals surface area contributed by atoms with Crippen molar-refractivity contribution in [3.63, 3.8) is 0 Å². The van der Waals surface area contributed by atoms with Gasteiger partial charge >= 0.3 is 0 Å². The Labute approximate surface area is 109 Å². The highest BCUT2D eigenvalue weighted by Gasteiger charge is 2.13. The molecule has 0 aliphatic carbocycles. The van der Waals surface area contributed by atoms with Crippen LogP contribution in [0.25, 0.3) is 0 Å². The molecule has 1 N–H and O–H groups in total. The molecule has 1 unspecified atom stereocenters. The normalized spacial score (nSPS) is 13.1. The van der Waals surface area contributed by atoms with E-state index in [-0.39, 0.29) is 0 Å². The van der Waals surface area contributed by atoms with Crippen LogP contribution in [0.3, 0.4) is 0 Å². The number of likely N-dealkylation sites (N-methyl/N-ethyl adjacent to an activating group) is 1. The molecule has 0 aliphatic heterocycles. The topological polar surface area (TPSA) is 28.2 Å². The zero-order chi connectivity index (χ0) is 12.8. The Morgan fingerprint density at radius 3 is 2.65 bits per heavy atom. The average Bonchev–Trinajstić information content (AvgIpc) is 2.19. The fourth-order valence-electron chi connectivity index (χ4n) is 1.87. The van der Waals surface area contributed by atoms with Crippen LogP contribution in [-0.4, -0.2) is 36.6 Å². The van der Waals surface area contributed by atoms with Crippen LogP contribution in [0.2, 0.25) is 5.02 Å². The van der Waals surface area contributed by atoms with Crippen molar-refractivity contribution in [3.8, 4) is 0 Å². The number of nitrogens with one attached hydrogen (secondary N) is 1. The summed E-state index contributed by atoms with van der Waals surface area (Å²) in [4.78, 5) is 6.45. The maximum absolute atomic E-state index is 6.10. The van der Waals surface area contributed by atoms with Crippen LogP contribution in [-0.2, 0) is 0 Å². The summed E-state index contributed by atoms with van der Waals surface area (Å²) in [6, 6.07) is 4.08. The van der Waals surface area contributed by atoms with E-state index in [1.54, 1.807) is 6.20 Å². The predicted molar refractivity (Wildman–Crippen MR) is 74.7 cm³/mol. The fourth-order valence-corrected chi connectivity index (χ4v) is 2.05. The van der Waals surface area contributed by atoms with Gasteiger partial charge in [0.05, 0.1) is 5.02 Å². The van der Waals surface area contributed by atoms with Gasteiger partial charge in [-0.15, -0.1) is 0 Å². The molecule has 0 saturated heterocycles. The first kappa shape index (κ1) is 14.3. The number of rotatable bonds is 6. The van der Waals surface area contributed by atoms with E-state index in [4.69, 9.17) is 11.6 Å². The quantitative estimate of drug-likeness (QED) is 0.847. The van der Waals surface area contributed by atoms with Crippen molar-refractivity contribution in [1.82, 2.24) is 9.88 Å². The van der Waals surface area contributed by atoms with Crippen LogP contribution in [0.4, 0.5) is 5.82 Å². The molecule has 96 valence electrons. The third-order valence-electron chi connectivity index (χ3n) is 2.44. The number of pyridine rings is 1. The summed E-state index contributed by atoms with van der Waals surface area (Å²) in [6.07, 6.45) is 2.86. The number of hydrogen-bond donors (Lipinski definition) is 1. The maximum atomic E-state index is 6.10. The van der Waals surface area contributed by atoms with Crippen molar-refractivity contribution in [2.24, 2.45) is 5.92 Å². The van der Waals surface area contributed by atoms with E-state index < -0.39 is 0 Å². The molecular weight excluding hydrogens is 234 g/mol. The second-order valence-electron chi connectivity index (χ2n) is 5.07. The number of nitrogens with zero attached hydrogens (tertiary/aromatic N) is 2. The lowest BCUT2D eigenvalue weighted by Gasteiger charge is -2.24. The van der Waals surface area contributed by atoms with Gasteiger partial charge in [-0.1, -0.05) is 25.4 Å². The molecule has 0 spiro atoms. The highest BCUT2D eigenvalue weighted by Crippen LogP contribution is 2.20. The van der Waals surface area contributed by atoms with E-state index in [1.165, 1.54) is 0 Å². The van der Waals surface area contributed by atoms with Gasteiger partial charge < -0.3 is 10.2 Å². The molecule has 1 atom stereocenters. The molecular formula is C13H22ClN3. The molecule has 0 saturated carbocycles. The zero-order valence-electron chi connectivity index (χ0n) is 11.1. The Balaban J connectivity index is 2.68. The molecule has 0 aromatic carbocycles. The van der Waals surface area contributed by atoms with Gasteiger partial charge in [-0.25, -0.2) is 4.98 Å². The third kappa shape index (κ3) is 5.37. The van der Waals surface area contributed by atoms with Crippen LogP contribution in [0.1, 0.15) is 20.3 Å². The minimum atomic E-state index is 0.373. The molecule has 4 heteroatoms. The molecule has 1 heterocycles. The first-order valence-electron chi connectivity index (χ1n) is 6.00. The summed E-state index contributed by atoms with van der Waals surface area (Å²) < 4.78 is 0. The standard InChI is InChI=1S/C13H22ClN3/c1-10(2)8-11(9-17(3)4)16-13-12(14)6-5-7-15-13/h5-7,10-11H,8-9H2,1-4H3,(H,15,16). The number of halogens is 1. The number of hydrogen-bond acceptors (Lipinski definition) is 3. The largest absolute Gasteiger partial charge is 0.365 e.